The molecule has 2 aliphatic rings. The lowest BCUT2D eigenvalue weighted by molar-refractivity contribution is 0.0198. The van der Waals surface area contributed by atoms with Crippen molar-refractivity contribution in [3.8, 4) is 109 Å². The summed E-state index contributed by atoms with van der Waals surface area (Å²) >= 11 is 0. The Hall–Kier alpha value is -13.3. The SMILES string of the molecule is COc1c(C)c(O)cc(O)c1C(=O)/C=C/c1ccccc1.COc1cc(O)cc(O)c1C(=O)CCc1ccccc1.COc1cc2c(c(O)c1C)C(=O)C[C@@H](c1ccccc1)O2.O=c1c(O)c(-c2ccc(O)c(O)c2)oc2cc(O)cc(O)c12.Oc1cc(O)c2c(c1)OC(c1ccccc1)C(O)C2. The van der Waals surface area contributed by atoms with E-state index in [1.165, 1.54) is 51.7 Å². The summed E-state index contributed by atoms with van der Waals surface area (Å²) in [6, 6.07) is 51.6. The maximum Gasteiger partial charge on any atom is 0.238 e. The van der Waals surface area contributed by atoms with Crippen LogP contribution in [0.25, 0.3) is 28.4 Å². The summed E-state index contributed by atoms with van der Waals surface area (Å²) in [5.74, 6) is -2.78. The van der Waals surface area contributed by atoms with Crippen LogP contribution < -0.4 is 29.1 Å². The minimum absolute atomic E-state index is 0.0416. The fourth-order valence-electron chi connectivity index (χ4n) is 11.2. The first kappa shape index (κ1) is 74.0. The molecule has 13 N–H and O–H groups in total. The van der Waals surface area contributed by atoms with E-state index in [2.05, 4.69) is 0 Å². The van der Waals surface area contributed by atoms with Crippen LogP contribution in [0.15, 0.2) is 203 Å². The number of carbonyl (C=O) groups is 3. The highest BCUT2D eigenvalue weighted by Gasteiger charge is 2.34. The van der Waals surface area contributed by atoms with Gasteiger partial charge in [0.05, 0.1) is 33.9 Å². The van der Waals surface area contributed by atoms with Gasteiger partial charge in [-0.15, -0.1) is 0 Å². The van der Waals surface area contributed by atoms with Gasteiger partial charge in [0.1, 0.15) is 120 Å². The number of ketones is 3. The van der Waals surface area contributed by atoms with Crippen molar-refractivity contribution < 1.29 is 109 Å². The van der Waals surface area contributed by atoms with Crippen LogP contribution in [0.5, 0.6) is 97.7 Å². The number of rotatable bonds is 13. The van der Waals surface area contributed by atoms with Gasteiger partial charge in [-0.05, 0) is 66.8 Å². The predicted molar refractivity (Wildman–Crippen MR) is 380 cm³/mol. The maximum absolute atomic E-state index is 12.4. The number of aliphatic hydroxyl groups is 1. The molecule has 3 heterocycles. The van der Waals surface area contributed by atoms with Gasteiger partial charge in [-0.25, -0.2) is 0 Å². The van der Waals surface area contributed by atoms with Gasteiger partial charge in [-0.3, -0.25) is 19.2 Å². The molecule has 23 heteroatoms. The first-order valence-corrected chi connectivity index (χ1v) is 31.7. The number of carbonyl (C=O) groups excluding carboxylic acids is 3. The third-order valence-electron chi connectivity index (χ3n) is 16.5. The minimum atomic E-state index is -0.888. The molecule has 2 aliphatic heterocycles. The Labute approximate surface area is 588 Å². The number of phenols is 11. The van der Waals surface area contributed by atoms with E-state index < -0.39 is 40.7 Å². The molecule has 3 atom stereocenters. The maximum atomic E-state index is 12.4. The van der Waals surface area contributed by atoms with E-state index in [0.29, 0.717) is 46.8 Å². The largest absolute Gasteiger partial charge is 0.508 e. The Kier molecular flexibility index (Phi) is 23.7. The van der Waals surface area contributed by atoms with Crippen LogP contribution in [-0.2, 0) is 12.8 Å². The Balaban J connectivity index is 0.000000150. The molecule has 13 rings (SSSR count). The molecule has 1 aromatic heterocycles. The average Bonchev–Trinajstić information content (AvgIpc) is 0.795. The van der Waals surface area contributed by atoms with Crippen molar-refractivity contribution in [2.45, 2.75) is 57.8 Å². The molecule has 0 saturated carbocycles. The van der Waals surface area contributed by atoms with Crippen LogP contribution in [0.2, 0.25) is 0 Å². The van der Waals surface area contributed by atoms with Gasteiger partial charge >= 0.3 is 0 Å². The van der Waals surface area contributed by atoms with Gasteiger partial charge in [0.15, 0.2) is 34.6 Å². The zero-order chi connectivity index (χ0) is 74.3. The number of hydrogen-bond donors (Lipinski definition) is 13. The fraction of sp³-hybridized carbons (Fsp3) is 0.150. The Morgan fingerprint density at radius 1 is 0.515 bits per heavy atom. The third-order valence-corrected chi connectivity index (χ3v) is 16.5. The predicted octanol–water partition coefficient (Wildman–Crippen LogP) is 13.8. The molecule has 0 saturated heterocycles. The zero-order valence-corrected chi connectivity index (χ0v) is 56.0. The molecular weight excluding hydrogens is 1330 g/mol. The molecule has 0 aliphatic carbocycles. The molecule has 0 amide bonds. The molecule has 23 nitrogen and oxygen atoms in total. The van der Waals surface area contributed by atoms with E-state index in [0.717, 1.165) is 58.7 Å². The standard InChI is InChI=1S/2C17H16O4.C16H16O4.C15H10O7.C15H14O4/c1-10-13(20-2)9-15-16(17(10)19)12(18)8-14(21-15)11-6-4-3-5-7-11;1-11-14(19)10-15(20)16(17(11)21-2)13(18)9-8-12-6-4-3-5-7-12;1-20-15-10-12(17)9-14(19)16(15)13(18)8-7-11-5-3-2-4-6-11;16-7-4-10(19)12-11(5-7)22-15(14(21)13(12)20)6-1-2-8(17)9(18)3-6;16-10-6-12(17)11-8-13(18)15(19-14(11)7-10)9-4-2-1-3-5-9/h3-7,9,14,19H,8H2,1-2H3;3-10,19-20H,1-2H3;2-6,9-10,17,19H,7-8H2,1H3;1-5,16-19,21H;1-7,13,15-18H,8H2/b;9-8+;;;/t14-;;;;/m0..../s1. The van der Waals surface area contributed by atoms with Crippen molar-refractivity contribution in [2.75, 3.05) is 21.3 Å². The van der Waals surface area contributed by atoms with Gasteiger partial charge in [0, 0.05) is 83.6 Å². The first-order valence-electron chi connectivity index (χ1n) is 31.7. The van der Waals surface area contributed by atoms with Crippen molar-refractivity contribution in [1.29, 1.82) is 0 Å². The second-order valence-corrected chi connectivity index (χ2v) is 23.4. The topological polar surface area (TPSA) is 391 Å². The smallest absolute Gasteiger partial charge is 0.238 e. The van der Waals surface area contributed by atoms with Gasteiger partial charge < -0.3 is 94.5 Å². The number of benzene rings is 10. The van der Waals surface area contributed by atoms with Crippen LogP contribution in [0.3, 0.4) is 0 Å². The lowest BCUT2D eigenvalue weighted by atomic mass is 9.94. The number of fused-ring (bicyclic) bond motifs is 3. The molecule has 0 spiro atoms. The zero-order valence-electron chi connectivity index (χ0n) is 56.0. The summed E-state index contributed by atoms with van der Waals surface area (Å²) in [6.07, 6.45) is 2.82. The van der Waals surface area contributed by atoms with Crippen LogP contribution in [0.4, 0.5) is 0 Å². The Morgan fingerprint density at radius 2 is 1.10 bits per heavy atom. The Bertz CT molecular complexity index is 4980. The monoisotopic (exact) mass is 1400 g/mol. The van der Waals surface area contributed by atoms with E-state index in [-0.39, 0.29) is 133 Å². The number of phenolic OH excluding ortho intramolecular Hbond substituents is 11. The number of allylic oxidation sites excluding steroid dienone is 1. The second kappa shape index (κ2) is 33.1. The van der Waals surface area contributed by atoms with E-state index in [4.69, 9.17) is 28.1 Å². The van der Waals surface area contributed by atoms with E-state index in [9.17, 15) is 85.6 Å². The molecule has 2 unspecified atom stereocenters. The molecule has 0 fully saturated rings. The highest BCUT2D eigenvalue weighted by atomic mass is 16.5. The van der Waals surface area contributed by atoms with E-state index in [1.54, 1.807) is 26.0 Å². The number of hydrogen-bond acceptors (Lipinski definition) is 23. The van der Waals surface area contributed by atoms with Crippen molar-refractivity contribution >= 4 is 34.4 Å². The summed E-state index contributed by atoms with van der Waals surface area (Å²) < 4.78 is 32.4. The highest BCUT2D eigenvalue weighted by Crippen LogP contribution is 2.46. The quantitative estimate of drug-likeness (QED) is 0.0290. The van der Waals surface area contributed by atoms with Crippen molar-refractivity contribution in [2.24, 2.45) is 0 Å². The van der Waals surface area contributed by atoms with Gasteiger partial charge in [-0.2, -0.15) is 0 Å². The van der Waals surface area contributed by atoms with Gasteiger partial charge in [-0.1, -0.05) is 127 Å². The minimum Gasteiger partial charge on any atom is -0.508 e. The average molecular weight is 1400 g/mol. The van der Waals surface area contributed by atoms with Crippen LogP contribution in [0, 0.1) is 13.8 Å². The summed E-state index contributed by atoms with van der Waals surface area (Å²) in [5, 5.41) is 126. The van der Waals surface area contributed by atoms with Gasteiger partial charge in [0.25, 0.3) is 0 Å². The summed E-state index contributed by atoms with van der Waals surface area (Å²) in [6.45, 7) is 3.33. The van der Waals surface area contributed by atoms with Crippen LogP contribution in [-0.4, -0.2) is 111 Å². The first-order chi connectivity index (χ1) is 49.3. The summed E-state index contributed by atoms with van der Waals surface area (Å²) in [7, 11) is 4.30. The lowest BCUT2D eigenvalue weighted by Gasteiger charge is -2.31. The van der Waals surface area contributed by atoms with Crippen molar-refractivity contribution in [3.63, 3.8) is 0 Å². The summed E-state index contributed by atoms with van der Waals surface area (Å²) in [5.41, 5.74) is 4.73. The molecular formula is C80H72O23. The van der Waals surface area contributed by atoms with Gasteiger partial charge in [0.2, 0.25) is 11.2 Å². The molecule has 0 radical (unpaired) electrons. The number of aromatic hydroxyl groups is 12. The number of methoxy groups -OCH3 is 3. The van der Waals surface area contributed by atoms with Crippen molar-refractivity contribution in [3.05, 3.63) is 260 Å². The van der Waals surface area contributed by atoms with Crippen LogP contribution in [0.1, 0.15) is 95.1 Å². The number of Topliss-reactive ketones (excluding diaryl/α,β-unsaturated/α-hetero) is 2. The fourth-order valence-corrected chi connectivity index (χ4v) is 11.2. The highest BCUT2D eigenvalue weighted by molar-refractivity contribution is 6.11. The normalized spacial score (nSPS) is 14.0. The molecule has 10 aromatic carbocycles. The molecule has 0 bridgehead atoms. The van der Waals surface area contributed by atoms with Crippen LogP contribution >= 0.6 is 0 Å². The number of aryl methyl sites for hydroxylation is 1. The van der Waals surface area contributed by atoms with Crippen molar-refractivity contribution in [1.82, 2.24) is 0 Å². The van der Waals surface area contributed by atoms with E-state index in [1.807, 2.05) is 121 Å². The number of ether oxygens (including phenoxy) is 5. The third kappa shape index (κ3) is 17.4. The molecule has 11 aromatic rings. The molecule has 103 heavy (non-hydrogen) atoms. The Morgan fingerprint density at radius 3 is 1.73 bits per heavy atom. The number of aliphatic hydroxyl groups excluding tert-OH is 1. The molecule has 530 valence electrons. The lowest BCUT2D eigenvalue weighted by Crippen LogP contribution is -2.30. The summed E-state index contributed by atoms with van der Waals surface area (Å²) in [4.78, 5) is 49.0. The van der Waals surface area contributed by atoms with E-state index >= 15 is 0 Å². The second-order valence-electron chi connectivity index (χ2n) is 23.4.